The fourth-order valence-corrected chi connectivity index (χ4v) is 4.78. The average Bonchev–Trinajstić information content (AvgIpc) is 3.16. The van der Waals surface area contributed by atoms with Gasteiger partial charge in [-0.1, -0.05) is 32.0 Å². The molecule has 2 aromatic carbocycles. The van der Waals surface area contributed by atoms with Crippen molar-refractivity contribution >= 4 is 20.7 Å². The predicted octanol–water partition coefficient (Wildman–Crippen LogP) is 5.46. The first kappa shape index (κ1) is 21.1. The van der Waals surface area contributed by atoms with Gasteiger partial charge in [-0.25, -0.2) is 21.9 Å². The lowest BCUT2D eigenvalue weighted by Crippen LogP contribution is -2.10. The molecule has 5 nitrogen and oxygen atoms in total. The summed E-state index contributed by atoms with van der Waals surface area (Å²) < 4.78 is 54.3. The second-order valence-corrected chi connectivity index (χ2v) is 9.59. The van der Waals surface area contributed by atoms with Crippen LogP contribution in [0.15, 0.2) is 71.8 Å². The van der Waals surface area contributed by atoms with Gasteiger partial charge in [-0.3, -0.25) is 4.98 Å². The SMILES string of the molecule is CC(C)c1ccc(S(=O)(=O)Cc2cc(C(F)F)nn2-c2cccc3ncccc23)cc1. The van der Waals surface area contributed by atoms with Gasteiger partial charge in [0.2, 0.25) is 0 Å². The highest BCUT2D eigenvalue weighted by molar-refractivity contribution is 7.90. The fourth-order valence-electron chi connectivity index (χ4n) is 3.47. The Kier molecular flexibility index (Phi) is 5.58. The van der Waals surface area contributed by atoms with Crippen LogP contribution in [0.4, 0.5) is 8.78 Å². The van der Waals surface area contributed by atoms with Crippen molar-refractivity contribution in [3.63, 3.8) is 0 Å². The number of pyridine rings is 1. The van der Waals surface area contributed by atoms with Crippen molar-refractivity contribution in [3.8, 4) is 5.69 Å². The zero-order valence-electron chi connectivity index (χ0n) is 17.0. The van der Waals surface area contributed by atoms with Gasteiger partial charge in [0.25, 0.3) is 6.43 Å². The highest BCUT2D eigenvalue weighted by Gasteiger charge is 2.23. The minimum atomic E-state index is -3.77. The minimum Gasteiger partial charge on any atom is -0.256 e. The number of aromatic nitrogens is 3. The van der Waals surface area contributed by atoms with Crippen LogP contribution in [-0.4, -0.2) is 23.2 Å². The van der Waals surface area contributed by atoms with Gasteiger partial charge in [-0.2, -0.15) is 5.10 Å². The molecule has 0 aliphatic carbocycles. The Hall–Kier alpha value is -3.13. The van der Waals surface area contributed by atoms with Crippen LogP contribution in [0.25, 0.3) is 16.6 Å². The van der Waals surface area contributed by atoms with E-state index in [-0.39, 0.29) is 16.5 Å². The molecule has 2 heterocycles. The van der Waals surface area contributed by atoms with Crippen LogP contribution in [0.5, 0.6) is 0 Å². The molecule has 4 rings (SSSR count). The number of alkyl halides is 2. The quantitative estimate of drug-likeness (QED) is 0.399. The largest absolute Gasteiger partial charge is 0.282 e. The van der Waals surface area contributed by atoms with E-state index in [0.717, 1.165) is 11.6 Å². The number of hydrogen-bond donors (Lipinski definition) is 0. The molecule has 0 radical (unpaired) electrons. The zero-order valence-corrected chi connectivity index (χ0v) is 17.9. The first-order valence-electron chi connectivity index (χ1n) is 9.80. The molecule has 0 saturated carbocycles. The smallest absolute Gasteiger partial charge is 0.256 e. The standard InChI is InChI=1S/C23H21F2N3O2S/c1-15(2)16-8-10-18(11-9-16)31(29,30)14-17-13-21(23(24)25)27-28(17)22-7-3-6-20-19(22)5-4-12-26-20/h3-13,15,23H,14H2,1-2H3. The number of halogens is 2. The van der Waals surface area contributed by atoms with Crippen LogP contribution >= 0.6 is 0 Å². The Morgan fingerprint density at radius 2 is 1.74 bits per heavy atom. The molecule has 31 heavy (non-hydrogen) atoms. The summed E-state index contributed by atoms with van der Waals surface area (Å²) in [6.07, 6.45) is -1.19. The minimum absolute atomic E-state index is 0.142. The van der Waals surface area contributed by atoms with Gasteiger partial charge in [-0.05, 0) is 53.9 Å². The molecular weight excluding hydrogens is 420 g/mol. The van der Waals surface area contributed by atoms with Crippen LogP contribution < -0.4 is 0 Å². The third kappa shape index (κ3) is 4.20. The first-order valence-corrected chi connectivity index (χ1v) is 11.5. The van der Waals surface area contributed by atoms with Crippen molar-refractivity contribution in [1.82, 2.24) is 14.8 Å². The molecule has 0 bridgehead atoms. The topological polar surface area (TPSA) is 64.8 Å². The maximum atomic E-state index is 13.4. The maximum Gasteiger partial charge on any atom is 0.282 e. The number of benzene rings is 2. The Labute approximate surface area is 179 Å². The molecule has 0 saturated heterocycles. The second-order valence-electron chi connectivity index (χ2n) is 7.60. The lowest BCUT2D eigenvalue weighted by Gasteiger charge is -2.11. The Bertz CT molecular complexity index is 1330. The Morgan fingerprint density at radius 1 is 1.00 bits per heavy atom. The van der Waals surface area contributed by atoms with Crippen molar-refractivity contribution in [2.45, 2.75) is 36.8 Å². The van der Waals surface area contributed by atoms with E-state index in [0.29, 0.717) is 16.6 Å². The molecule has 2 aromatic heterocycles. The maximum absolute atomic E-state index is 13.4. The summed E-state index contributed by atoms with van der Waals surface area (Å²) in [6.45, 7) is 4.04. The van der Waals surface area contributed by atoms with E-state index in [1.165, 1.54) is 4.68 Å². The van der Waals surface area contributed by atoms with Gasteiger partial charge in [-0.15, -0.1) is 0 Å². The summed E-state index contributed by atoms with van der Waals surface area (Å²) in [6, 6.07) is 16.6. The molecule has 0 aliphatic heterocycles. The normalized spacial score (nSPS) is 12.2. The lowest BCUT2D eigenvalue weighted by atomic mass is 10.0. The number of rotatable bonds is 6. The van der Waals surface area contributed by atoms with Crippen molar-refractivity contribution in [1.29, 1.82) is 0 Å². The highest BCUT2D eigenvalue weighted by Crippen LogP contribution is 2.28. The molecule has 0 spiro atoms. The van der Waals surface area contributed by atoms with E-state index in [1.807, 2.05) is 13.8 Å². The predicted molar refractivity (Wildman–Crippen MR) is 115 cm³/mol. The van der Waals surface area contributed by atoms with Gasteiger partial charge in [0.05, 0.1) is 27.5 Å². The van der Waals surface area contributed by atoms with Gasteiger partial charge in [0.15, 0.2) is 9.84 Å². The molecular formula is C23H21F2N3O2S. The van der Waals surface area contributed by atoms with E-state index in [9.17, 15) is 17.2 Å². The molecule has 0 amide bonds. The third-order valence-electron chi connectivity index (χ3n) is 5.12. The Morgan fingerprint density at radius 3 is 2.42 bits per heavy atom. The van der Waals surface area contributed by atoms with Crippen molar-refractivity contribution in [2.24, 2.45) is 0 Å². The van der Waals surface area contributed by atoms with Gasteiger partial charge >= 0.3 is 0 Å². The summed E-state index contributed by atoms with van der Waals surface area (Å²) in [4.78, 5) is 4.42. The van der Waals surface area contributed by atoms with Crippen molar-refractivity contribution in [2.75, 3.05) is 0 Å². The van der Waals surface area contributed by atoms with Crippen molar-refractivity contribution in [3.05, 3.63) is 83.8 Å². The molecule has 8 heteroatoms. The molecule has 0 aliphatic rings. The number of hydrogen-bond acceptors (Lipinski definition) is 4. The van der Waals surface area contributed by atoms with Crippen LogP contribution in [-0.2, 0) is 15.6 Å². The van der Waals surface area contributed by atoms with Gasteiger partial charge < -0.3 is 0 Å². The van der Waals surface area contributed by atoms with E-state index in [1.54, 1.807) is 60.8 Å². The summed E-state index contributed by atoms with van der Waals surface area (Å²) in [5.41, 5.74) is 1.87. The summed E-state index contributed by atoms with van der Waals surface area (Å²) in [5, 5.41) is 4.71. The lowest BCUT2D eigenvalue weighted by molar-refractivity contribution is 0.145. The number of sulfone groups is 1. The van der Waals surface area contributed by atoms with Crippen LogP contribution in [0, 0.1) is 0 Å². The number of fused-ring (bicyclic) bond motifs is 1. The van der Waals surface area contributed by atoms with E-state index < -0.39 is 27.7 Å². The summed E-state index contributed by atoms with van der Waals surface area (Å²) >= 11 is 0. The van der Waals surface area contributed by atoms with E-state index >= 15 is 0 Å². The summed E-state index contributed by atoms with van der Waals surface area (Å²) in [5.74, 6) is -0.184. The average molecular weight is 442 g/mol. The molecule has 0 unspecified atom stereocenters. The second kappa shape index (κ2) is 8.19. The fraction of sp³-hybridized carbons (Fsp3) is 0.217. The van der Waals surface area contributed by atoms with Gasteiger partial charge in [0.1, 0.15) is 5.69 Å². The molecule has 4 aromatic rings. The third-order valence-corrected chi connectivity index (χ3v) is 6.79. The number of nitrogens with zero attached hydrogens (tertiary/aromatic N) is 3. The molecule has 160 valence electrons. The van der Waals surface area contributed by atoms with E-state index in [4.69, 9.17) is 0 Å². The Balaban J connectivity index is 1.80. The zero-order chi connectivity index (χ0) is 22.2. The molecule has 0 fully saturated rings. The molecule has 0 atom stereocenters. The van der Waals surface area contributed by atoms with Crippen LogP contribution in [0.2, 0.25) is 0 Å². The van der Waals surface area contributed by atoms with Gasteiger partial charge in [0, 0.05) is 11.6 Å². The van der Waals surface area contributed by atoms with Crippen molar-refractivity contribution < 1.29 is 17.2 Å². The molecule has 0 N–H and O–H groups in total. The van der Waals surface area contributed by atoms with Crippen LogP contribution in [0.1, 0.15) is 43.1 Å². The first-order chi connectivity index (χ1) is 14.8. The monoisotopic (exact) mass is 441 g/mol. The van der Waals surface area contributed by atoms with Crippen LogP contribution in [0.3, 0.4) is 0 Å². The van der Waals surface area contributed by atoms with E-state index in [2.05, 4.69) is 10.1 Å². The highest BCUT2D eigenvalue weighted by atomic mass is 32.2. The summed E-state index contributed by atoms with van der Waals surface area (Å²) in [7, 11) is -3.77.